The van der Waals surface area contributed by atoms with Gasteiger partial charge in [0.1, 0.15) is 6.10 Å². The molecule has 0 bridgehead atoms. The van der Waals surface area contributed by atoms with Crippen molar-refractivity contribution in [3.63, 3.8) is 0 Å². The van der Waals surface area contributed by atoms with Crippen molar-refractivity contribution in [2.45, 2.75) is 6.10 Å². The van der Waals surface area contributed by atoms with Gasteiger partial charge in [-0.15, -0.1) is 0 Å². The summed E-state index contributed by atoms with van der Waals surface area (Å²) in [5.74, 6) is 0. The third-order valence-corrected chi connectivity index (χ3v) is 3.83. The van der Waals surface area contributed by atoms with E-state index in [2.05, 4.69) is 4.90 Å². The largest absolute Gasteiger partial charge is 0.397 e. The van der Waals surface area contributed by atoms with Crippen LogP contribution in [0.25, 0.3) is 0 Å². The second-order valence-corrected chi connectivity index (χ2v) is 5.23. The molecule has 0 aliphatic carbocycles. The Balaban J connectivity index is 1.83. The Morgan fingerprint density at radius 1 is 1.00 bits per heavy atom. The predicted molar refractivity (Wildman–Crippen MR) is 84.4 cm³/mol. The molecule has 0 amide bonds. The number of morpholine rings is 1. The molecule has 2 aromatic rings. The van der Waals surface area contributed by atoms with Crippen LogP contribution in [0.4, 0.5) is 11.4 Å². The van der Waals surface area contributed by atoms with Gasteiger partial charge < -0.3 is 20.5 Å². The van der Waals surface area contributed by atoms with Crippen LogP contribution in [0.15, 0.2) is 48.5 Å². The van der Waals surface area contributed by atoms with Crippen molar-refractivity contribution < 1.29 is 9.84 Å². The van der Waals surface area contributed by atoms with E-state index in [0.717, 1.165) is 43.1 Å². The fraction of sp³-hybridized carbons (Fsp3) is 0.294. The van der Waals surface area contributed by atoms with Gasteiger partial charge in [0.25, 0.3) is 0 Å². The maximum atomic E-state index is 10.4. The van der Waals surface area contributed by atoms with Gasteiger partial charge in [0.2, 0.25) is 0 Å². The lowest BCUT2D eigenvalue weighted by Crippen LogP contribution is -2.36. The lowest BCUT2D eigenvalue weighted by Gasteiger charge is -2.30. The number of hydrogen-bond donors (Lipinski definition) is 2. The Morgan fingerprint density at radius 3 is 2.38 bits per heavy atom. The molecule has 4 heteroatoms. The number of benzene rings is 2. The maximum absolute atomic E-state index is 10.4. The van der Waals surface area contributed by atoms with Crippen molar-refractivity contribution in [1.82, 2.24) is 0 Å². The number of nitrogens with zero attached hydrogens (tertiary/aromatic N) is 1. The second kappa shape index (κ2) is 6.16. The molecule has 3 rings (SSSR count). The molecule has 1 aliphatic rings. The average Bonchev–Trinajstić information content (AvgIpc) is 2.55. The first-order chi connectivity index (χ1) is 10.3. The average molecular weight is 284 g/mol. The van der Waals surface area contributed by atoms with E-state index >= 15 is 0 Å². The standard InChI is InChI=1S/C17H20N2O2/c18-15-12-14(17(20)13-4-2-1-3-5-13)6-7-16(15)19-8-10-21-11-9-19/h1-7,12,17,20H,8-11,18H2/t17-/m1/s1. The van der Waals surface area contributed by atoms with Crippen molar-refractivity contribution in [1.29, 1.82) is 0 Å². The van der Waals surface area contributed by atoms with E-state index in [4.69, 9.17) is 10.5 Å². The van der Waals surface area contributed by atoms with Crippen molar-refractivity contribution in [3.05, 3.63) is 59.7 Å². The Labute approximate surface area is 124 Å². The van der Waals surface area contributed by atoms with E-state index < -0.39 is 6.10 Å². The minimum Gasteiger partial charge on any atom is -0.397 e. The molecular formula is C17H20N2O2. The fourth-order valence-corrected chi connectivity index (χ4v) is 2.66. The third-order valence-electron chi connectivity index (χ3n) is 3.83. The zero-order valence-corrected chi connectivity index (χ0v) is 11.9. The Bertz CT molecular complexity index is 595. The number of rotatable bonds is 3. The van der Waals surface area contributed by atoms with E-state index in [-0.39, 0.29) is 0 Å². The summed E-state index contributed by atoms with van der Waals surface area (Å²) in [5, 5.41) is 10.4. The van der Waals surface area contributed by atoms with E-state index in [1.807, 2.05) is 48.5 Å². The van der Waals surface area contributed by atoms with Crippen LogP contribution < -0.4 is 10.6 Å². The van der Waals surface area contributed by atoms with Crippen LogP contribution in [0.3, 0.4) is 0 Å². The molecule has 0 spiro atoms. The molecule has 2 aromatic carbocycles. The molecule has 1 saturated heterocycles. The minimum atomic E-state index is -0.646. The van der Waals surface area contributed by atoms with Crippen molar-refractivity contribution in [2.75, 3.05) is 36.9 Å². The summed E-state index contributed by atoms with van der Waals surface area (Å²) in [6.07, 6.45) is -0.646. The smallest absolute Gasteiger partial charge is 0.104 e. The summed E-state index contributed by atoms with van der Waals surface area (Å²) in [7, 11) is 0. The van der Waals surface area contributed by atoms with Gasteiger partial charge in [0.05, 0.1) is 24.6 Å². The molecular weight excluding hydrogens is 264 g/mol. The van der Waals surface area contributed by atoms with Gasteiger partial charge in [-0.3, -0.25) is 0 Å². The summed E-state index contributed by atoms with van der Waals surface area (Å²) in [4.78, 5) is 2.22. The predicted octanol–water partition coefficient (Wildman–Crippen LogP) is 2.19. The van der Waals surface area contributed by atoms with E-state index in [9.17, 15) is 5.11 Å². The molecule has 1 heterocycles. The topological polar surface area (TPSA) is 58.7 Å². The van der Waals surface area contributed by atoms with Gasteiger partial charge >= 0.3 is 0 Å². The molecule has 1 fully saturated rings. The van der Waals surface area contributed by atoms with E-state index in [1.54, 1.807) is 0 Å². The number of anilines is 2. The fourth-order valence-electron chi connectivity index (χ4n) is 2.66. The van der Waals surface area contributed by atoms with Gasteiger partial charge in [0.15, 0.2) is 0 Å². The Hall–Kier alpha value is -2.04. The summed E-state index contributed by atoms with van der Waals surface area (Å²) in [6.45, 7) is 3.16. The first kappa shape index (κ1) is 13.9. The monoisotopic (exact) mass is 284 g/mol. The molecule has 0 radical (unpaired) electrons. The minimum absolute atomic E-state index is 0.646. The highest BCUT2D eigenvalue weighted by molar-refractivity contribution is 5.69. The van der Waals surface area contributed by atoms with Gasteiger partial charge in [0, 0.05) is 13.1 Å². The quantitative estimate of drug-likeness (QED) is 0.848. The molecule has 1 atom stereocenters. The molecule has 3 N–H and O–H groups in total. The summed E-state index contributed by atoms with van der Waals surface area (Å²) < 4.78 is 5.36. The van der Waals surface area contributed by atoms with Crippen LogP contribution in [0.2, 0.25) is 0 Å². The molecule has 0 aromatic heterocycles. The first-order valence-electron chi connectivity index (χ1n) is 7.21. The SMILES string of the molecule is Nc1cc([C@H](O)c2ccccc2)ccc1N1CCOCC1. The first-order valence-corrected chi connectivity index (χ1v) is 7.21. The van der Waals surface area contributed by atoms with Crippen molar-refractivity contribution in [2.24, 2.45) is 0 Å². The van der Waals surface area contributed by atoms with Crippen LogP contribution in [0, 0.1) is 0 Å². The van der Waals surface area contributed by atoms with E-state index in [1.165, 1.54) is 0 Å². The highest BCUT2D eigenvalue weighted by Gasteiger charge is 2.16. The van der Waals surface area contributed by atoms with Crippen LogP contribution in [-0.2, 0) is 4.74 Å². The molecule has 0 saturated carbocycles. The number of aliphatic hydroxyl groups excluding tert-OH is 1. The number of aliphatic hydroxyl groups is 1. The molecule has 4 nitrogen and oxygen atoms in total. The molecule has 0 unspecified atom stereocenters. The van der Waals surface area contributed by atoms with Crippen molar-refractivity contribution >= 4 is 11.4 Å². The number of ether oxygens (including phenoxy) is 1. The van der Waals surface area contributed by atoms with Gasteiger partial charge in [-0.1, -0.05) is 36.4 Å². The Kier molecular flexibility index (Phi) is 4.08. The van der Waals surface area contributed by atoms with Crippen LogP contribution in [0.5, 0.6) is 0 Å². The highest BCUT2D eigenvalue weighted by atomic mass is 16.5. The number of nitrogen functional groups attached to an aromatic ring is 1. The normalized spacial score (nSPS) is 16.7. The lowest BCUT2D eigenvalue weighted by molar-refractivity contribution is 0.123. The highest BCUT2D eigenvalue weighted by Crippen LogP contribution is 2.30. The van der Waals surface area contributed by atoms with Crippen LogP contribution in [0.1, 0.15) is 17.2 Å². The zero-order valence-electron chi connectivity index (χ0n) is 11.9. The van der Waals surface area contributed by atoms with Crippen molar-refractivity contribution in [3.8, 4) is 0 Å². The number of nitrogens with two attached hydrogens (primary N) is 1. The molecule has 21 heavy (non-hydrogen) atoms. The van der Waals surface area contributed by atoms with Gasteiger partial charge in [-0.25, -0.2) is 0 Å². The zero-order chi connectivity index (χ0) is 14.7. The van der Waals surface area contributed by atoms with E-state index in [0.29, 0.717) is 5.69 Å². The number of hydrogen-bond acceptors (Lipinski definition) is 4. The summed E-state index contributed by atoms with van der Waals surface area (Å²) in [5.41, 5.74) is 9.58. The summed E-state index contributed by atoms with van der Waals surface area (Å²) in [6, 6.07) is 15.4. The third kappa shape index (κ3) is 3.01. The Morgan fingerprint density at radius 2 is 1.71 bits per heavy atom. The summed E-state index contributed by atoms with van der Waals surface area (Å²) >= 11 is 0. The van der Waals surface area contributed by atoms with Crippen LogP contribution in [-0.4, -0.2) is 31.4 Å². The lowest BCUT2D eigenvalue weighted by atomic mass is 10.0. The molecule has 110 valence electrons. The maximum Gasteiger partial charge on any atom is 0.104 e. The van der Waals surface area contributed by atoms with Gasteiger partial charge in [-0.05, 0) is 23.3 Å². The second-order valence-electron chi connectivity index (χ2n) is 5.23. The molecule has 1 aliphatic heterocycles. The van der Waals surface area contributed by atoms with Crippen LogP contribution >= 0.6 is 0 Å². The van der Waals surface area contributed by atoms with Gasteiger partial charge in [-0.2, -0.15) is 0 Å².